The molecule has 1 aromatic heterocycles. The van der Waals surface area contributed by atoms with Crippen molar-refractivity contribution in [1.29, 1.82) is 0 Å². The maximum Gasteiger partial charge on any atom is 0.246 e. The van der Waals surface area contributed by atoms with E-state index in [4.69, 9.17) is 4.74 Å². The van der Waals surface area contributed by atoms with Crippen molar-refractivity contribution >= 4 is 10.0 Å². The first kappa shape index (κ1) is 18.8. The summed E-state index contributed by atoms with van der Waals surface area (Å²) in [5, 5.41) is 0. The molecule has 0 amide bonds. The van der Waals surface area contributed by atoms with Crippen molar-refractivity contribution < 1.29 is 26.3 Å². The van der Waals surface area contributed by atoms with E-state index < -0.39 is 38.5 Å². The predicted molar refractivity (Wildman–Crippen MR) is 87.1 cm³/mol. The summed E-state index contributed by atoms with van der Waals surface area (Å²) < 4.78 is 72.4. The average molecular weight is 386 g/mol. The highest BCUT2D eigenvalue weighted by molar-refractivity contribution is 7.89. The third-order valence-corrected chi connectivity index (χ3v) is 6.03. The Morgan fingerprint density at radius 2 is 1.96 bits per heavy atom. The molecule has 0 N–H and O–H groups in total. The second kappa shape index (κ2) is 7.73. The number of ether oxygens (including phenoxy) is 1. The SMILES string of the molecule is O=S(=O)(c1ccc(F)c(F)c1F)N1CCCC(OCc2ccccn2)C1. The molecule has 1 atom stereocenters. The zero-order chi connectivity index (χ0) is 18.7. The van der Waals surface area contributed by atoms with E-state index in [-0.39, 0.29) is 19.7 Å². The molecule has 0 radical (unpaired) electrons. The zero-order valence-corrected chi connectivity index (χ0v) is 14.6. The maximum atomic E-state index is 13.9. The molecule has 0 bridgehead atoms. The summed E-state index contributed by atoms with van der Waals surface area (Å²) in [6, 6.07) is 6.71. The van der Waals surface area contributed by atoms with Gasteiger partial charge < -0.3 is 4.74 Å². The normalized spacial score (nSPS) is 18.8. The summed E-state index contributed by atoms with van der Waals surface area (Å²) in [7, 11) is -4.29. The van der Waals surface area contributed by atoms with Crippen molar-refractivity contribution in [3.05, 3.63) is 59.7 Å². The highest BCUT2D eigenvalue weighted by Gasteiger charge is 2.34. The first-order valence-corrected chi connectivity index (χ1v) is 9.49. The van der Waals surface area contributed by atoms with Crippen LogP contribution in [0.15, 0.2) is 41.4 Å². The summed E-state index contributed by atoms with van der Waals surface area (Å²) in [5.74, 6) is -4.94. The molecule has 5 nitrogen and oxygen atoms in total. The molecular formula is C17H17F3N2O3S. The van der Waals surface area contributed by atoms with Crippen LogP contribution >= 0.6 is 0 Å². The van der Waals surface area contributed by atoms with Crippen LogP contribution in [0.5, 0.6) is 0 Å². The number of sulfonamides is 1. The Morgan fingerprint density at radius 1 is 1.15 bits per heavy atom. The summed E-state index contributed by atoms with van der Waals surface area (Å²) >= 11 is 0. The standard InChI is InChI=1S/C17H17F3N2O3S/c18-14-6-7-15(17(20)16(14)19)26(23,24)22-9-3-5-13(10-22)25-11-12-4-1-2-8-21-12/h1-2,4,6-8,13H,3,5,9-11H2. The minimum Gasteiger partial charge on any atom is -0.371 e. The molecule has 0 saturated carbocycles. The van der Waals surface area contributed by atoms with Gasteiger partial charge in [0.25, 0.3) is 0 Å². The van der Waals surface area contributed by atoms with Crippen LogP contribution in [0.25, 0.3) is 0 Å². The van der Waals surface area contributed by atoms with Gasteiger partial charge in [0.05, 0.1) is 18.4 Å². The molecule has 1 fully saturated rings. The van der Waals surface area contributed by atoms with Gasteiger partial charge in [-0.3, -0.25) is 4.98 Å². The first-order chi connectivity index (χ1) is 12.4. The molecule has 1 saturated heterocycles. The number of hydrogen-bond acceptors (Lipinski definition) is 4. The number of nitrogens with zero attached hydrogens (tertiary/aromatic N) is 2. The van der Waals surface area contributed by atoms with Gasteiger partial charge in [-0.1, -0.05) is 6.07 Å². The Bertz CT molecular complexity index is 878. The lowest BCUT2D eigenvalue weighted by atomic mass is 10.1. The zero-order valence-electron chi connectivity index (χ0n) is 13.7. The van der Waals surface area contributed by atoms with Gasteiger partial charge in [-0.2, -0.15) is 4.31 Å². The Morgan fingerprint density at radius 3 is 2.69 bits per heavy atom. The van der Waals surface area contributed by atoms with E-state index in [0.29, 0.717) is 24.6 Å². The van der Waals surface area contributed by atoms with Gasteiger partial charge in [0, 0.05) is 19.3 Å². The molecule has 26 heavy (non-hydrogen) atoms. The molecule has 1 aliphatic rings. The molecule has 0 spiro atoms. The van der Waals surface area contributed by atoms with E-state index in [2.05, 4.69) is 4.98 Å². The minimum atomic E-state index is -4.29. The average Bonchev–Trinajstić information content (AvgIpc) is 2.65. The van der Waals surface area contributed by atoms with Crippen LogP contribution in [0.4, 0.5) is 13.2 Å². The van der Waals surface area contributed by atoms with Crippen molar-refractivity contribution in [3.8, 4) is 0 Å². The van der Waals surface area contributed by atoms with E-state index in [1.807, 2.05) is 6.07 Å². The smallest absolute Gasteiger partial charge is 0.246 e. The van der Waals surface area contributed by atoms with Gasteiger partial charge in [0.15, 0.2) is 17.5 Å². The van der Waals surface area contributed by atoms with Crippen molar-refractivity contribution in [1.82, 2.24) is 9.29 Å². The Hall–Kier alpha value is -1.97. The molecule has 9 heteroatoms. The van der Waals surface area contributed by atoms with Gasteiger partial charge in [0.1, 0.15) is 4.90 Å². The van der Waals surface area contributed by atoms with Crippen LogP contribution in [0, 0.1) is 17.5 Å². The van der Waals surface area contributed by atoms with E-state index in [1.54, 1.807) is 18.3 Å². The van der Waals surface area contributed by atoms with Crippen molar-refractivity contribution in [2.45, 2.75) is 30.4 Å². The molecule has 140 valence electrons. The molecular weight excluding hydrogens is 369 g/mol. The van der Waals surface area contributed by atoms with Gasteiger partial charge in [-0.05, 0) is 37.1 Å². The summed E-state index contributed by atoms with van der Waals surface area (Å²) in [5.41, 5.74) is 0.708. The summed E-state index contributed by atoms with van der Waals surface area (Å²) in [6.45, 7) is 0.386. The third-order valence-electron chi connectivity index (χ3n) is 4.15. The Labute approximate surface area is 149 Å². The Balaban J connectivity index is 1.73. The fourth-order valence-corrected chi connectivity index (χ4v) is 4.36. The lowest BCUT2D eigenvalue weighted by Crippen LogP contribution is -2.43. The number of aromatic nitrogens is 1. The van der Waals surface area contributed by atoms with Crippen molar-refractivity contribution in [2.24, 2.45) is 0 Å². The number of piperidine rings is 1. The molecule has 1 unspecified atom stereocenters. The van der Waals surface area contributed by atoms with Crippen LogP contribution in [-0.2, 0) is 21.4 Å². The fraction of sp³-hybridized carbons (Fsp3) is 0.353. The lowest BCUT2D eigenvalue weighted by Gasteiger charge is -2.31. The number of halogens is 3. The largest absolute Gasteiger partial charge is 0.371 e. The van der Waals surface area contributed by atoms with Gasteiger partial charge in [-0.25, -0.2) is 21.6 Å². The minimum absolute atomic E-state index is 0.00754. The van der Waals surface area contributed by atoms with E-state index in [1.165, 1.54) is 0 Å². The van der Waals surface area contributed by atoms with Crippen LogP contribution in [0.3, 0.4) is 0 Å². The number of rotatable bonds is 5. The third kappa shape index (κ3) is 3.89. The second-order valence-corrected chi connectivity index (χ2v) is 7.84. The molecule has 2 aromatic rings. The summed E-state index contributed by atoms with van der Waals surface area (Å²) in [4.78, 5) is 3.25. The van der Waals surface area contributed by atoms with Crippen molar-refractivity contribution in [2.75, 3.05) is 13.1 Å². The van der Waals surface area contributed by atoms with E-state index in [0.717, 1.165) is 10.4 Å². The second-order valence-electron chi connectivity index (χ2n) is 5.93. The molecule has 2 heterocycles. The molecule has 1 aromatic carbocycles. The monoisotopic (exact) mass is 386 g/mol. The van der Waals surface area contributed by atoms with Crippen LogP contribution in [0.2, 0.25) is 0 Å². The molecule has 3 rings (SSSR count). The lowest BCUT2D eigenvalue weighted by molar-refractivity contribution is 0.00661. The first-order valence-electron chi connectivity index (χ1n) is 8.05. The molecule has 0 aliphatic carbocycles. The quantitative estimate of drug-likeness (QED) is 0.742. The highest BCUT2D eigenvalue weighted by atomic mass is 32.2. The van der Waals surface area contributed by atoms with Crippen LogP contribution in [-0.4, -0.2) is 36.9 Å². The van der Waals surface area contributed by atoms with Crippen LogP contribution in [0.1, 0.15) is 18.5 Å². The maximum absolute atomic E-state index is 13.9. The van der Waals surface area contributed by atoms with E-state index in [9.17, 15) is 21.6 Å². The predicted octanol–water partition coefficient (Wildman–Crippen LogP) is 2.87. The molecule has 1 aliphatic heterocycles. The van der Waals surface area contributed by atoms with Gasteiger partial charge in [0.2, 0.25) is 10.0 Å². The number of hydrogen-bond donors (Lipinski definition) is 0. The van der Waals surface area contributed by atoms with Gasteiger partial charge >= 0.3 is 0 Å². The van der Waals surface area contributed by atoms with E-state index >= 15 is 0 Å². The number of benzene rings is 1. The number of pyridine rings is 1. The van der Waals surface area contributed by atoms with Crippen LogP contribution < -0.4 is 0 Å². The van der Waals surface area contributed by atoms with Gasteiger partial charge in [-0.15, -0.1) is 0 Å². The topological polar surface area (TPSA) is 59.5 Å². The van der Waals surface area contributed by atoms with Crippen molar-refractivity contribution in [3.63, 3.8) is 0 Å². The fourth-order valence-electron chi connectivity index (χ4n) is 2.79. The highest BCUT2D eigenvalue weighted by Crippen LogP contribution is 2.26. The Kier molecular flexibility index (Phi) is 5.59. The summed E-state index contributed by atoms with van der Waals surface area (Å²) in [6.07, 6.45) is 2.38.